The first kappa shape index (κ1) is 13.2. The zero-order valence-corrected chi connectivity index (χ0v) is 12.2. The SMILES string of the molecule is CC(C)(C)C1CCC(C(=O)O)c2c1[nH]c1ccccc21. The molecule has 2 atom stereocenters. The Morgan fingerprint density at radius 3 is 2.60 bits per heavy atom. The molecule has 0 aliphatic heterocycles. The number of carboxylic acids is 1. The topological polar surface area (TPSA) is 53.1 Å². The quantitative estimate of drug-likeness (QED) is 0.814. The molecule has 1 aromatic heterocycles. The molecule has 3 nitrogen and oxygen atoms in total. The molecule has 2 unspecified atom stereocenters. The van der Waals surface area contributed by atoms with Gasteiger partial charge in [-0.2, -0.15) is 0 Å². The second kappa shape index (κ2) is 4.37. The van der Waals surface area contributed by atoms with E-state index in [0.717, 1.165) is 35.0 Å². The molecule has 0 fully saturated rings. The third-order valence-corrected chi connectivity index (χ3v) is 4.56. The van der Waals surface area contributed by atoms with Gasteiger partial charge in [-0.1, -0.05) is 39.0 Å². The molecule has 3 heteroatoms. The van der Waals surface area contributed by atoms with Crippen LogP contribution in [0.1, 0.15) is 56.7 Å². The molecular weight excluding hydrogens is 250 g/mol. The van der Waals surface area contributed by atoms with E-state index in [-0.39, 0.29) is 11.3 Å². The second-order valence-electron chi connectivity index (χ2n) is 6.88. The van der Waals surface area contributed by atoms with Crippen molar-refractivity contribution in [2.45, 2.75) is 45.4 Å². The van der Waals surface area contributed by atoms with Crippen molar-refractivity contribution in [3.63, 3.8) is 0 Å². The average molecular weight is 271 g/mol. The van der Waals surface area contributed by atoms with Gasteiger partial charge in [-0.3, -0.25) is 4.79 Å². The summed E-state index contributed by atoms with van der Waals surface area (Å²) in [4.78, 5) is 15.1. The van der Waals surface area contributed by atoms with E-state index in [1.54, 1.807) is 0 Å². The Labute approximate surface area is 119 Å². The Kier molecular flexibility index (Phi) is 2.89. The summed E-state index contributed by atoms with van der Waals surface area (Å²) in [5, 5.41) is 10.6. The van der Waals surface area contributed by atoms with Crippen molar-refractivity contribution in [1.82, 2.24) is 4.98 Å². The molecule has 1 aliphatic carbocycles. The molecule has 1 aromatic carbocycles. The monoisotopic (exact) mass is 271 g/mol. The van der Waals surface area contributed by atoms with E-state index < -0.39 is 5.97 Å². The molecule has 0 spiro atoms. The van der Waals surface area contributed by atoms with E-state index >= 15 is 0 Å². The first-order valence-corrected chi connectivity index (χ1v) is 7.23. The molecule has 3 rings (SSSR count). The van der Waals surface area contributed by atoms with E-state index in [2.05, 4.69) is 25.8 Å². The van der Waals surface area contributed by atoms with Crippen LogP contribution in [0.25, 0.3) is 10.9 Å². The van der Waals surface area contributed by atoms with E-state index in [1.807, 2.05) is 24.3 Å². The predicted molar refractivity (Wildman–Crippen MR) is 80.1 cm³/mol. The Bertz CT molecular complexity index is 663. The van der Waals surface area contributed by atoms with Crippen LogP contribution in [0.3, 0.4) is 0 Å². The number of hydrogen-bond acceptors (Lipinski definition) is 1. The van der Waals surface area contributed by atoms with Crippen molar-refractivity contribution in [2.75, 3.05) is 0 Å². The lowest BCUT2D eigenvalue weighted by atomic mass is 9.69. The van der Waals surface area contributed by atoms with Crippen molar-refractivity contribution in [3.8, 4) is 0 Å². The lowest BCUT2D eigenvalue weighted by Crippen LogP contribution is -2.27. The van der Waals surface area contributed by atoms with Crippen LogP contribution in [0.2, 0.25) is 0 Å². The fraction of sp³-hybridized carbons (Fsp3) is 0.471. The van der Waals surface area contributed by atoms with Gasteiger partial charge in [0.2, 0.25) is 0 Å². The molecule has 1 aliphatic rings. The molecule has 0 bridgehead atoms. The largest absolute Gasteiger partial charge is 0.481 e. The highest BCUT2D eigenvalue weighted by atomic mass is 16.4. The van der Waals surface area contributed by atoms with Gasteiger partial charge in [-0.05, 0) is 29.9 Å². The summed E-state index contributed by atoms with van der Waals surface area (Å²) in [6.45, 7) is 6.69. The summed E-state index contributed by atoms with van der Waals surface area (Å²) in [6, 6.07) is 8.04. The van der Waals surface area contributed by atoms with Crippen LogP contribution in [0.5, 0.6) is 0 Å². The van der Waals surface area contributed by atoms with Crippen molar-refractivity contribution in [3.05, 3.63) is 35.5 Å². The first-order valence-electron chi connectivity index (χ1n) is 7.23. The maximum atomic E-state index is 11.6. The summed E-state index contributed by atoms with van der Waals surface area (Å²) in [5.74, 6) is -0.691. The number of carboxylic acid groups (broad SMARTS) is 1. The van der Waals surface area contributed by atoms with Crippen LogP contribution in [0.15, 0.2) is 24.3 Å². The number of hydrogen-bond donors (Lipinski definition) is 2. The fourth-order valence-electron chi connectivity index (χ4n) is 3.57. The van der Waals surface area contributed by atoms with Crippen LogP contribution in [-0.4, -0.2) is 16.1 Å². The third kappa shape index (κ3) is 1.92. The van der Waals surface area contributed by atoms with Crippen LogP contribution >= 0.6 is 0 Å². The van der Waals surface area contributed by atoms with Gasteiger partial charge >= 0.3 is 5.97 Å². The number of fused-ring (bicyclic) bond motifs is 3. The number of rotatable bonds is 1. The molecule has 0 radical (unpaired) electrons. The molecule has 0 saturated heterocycles. The van der Waals surface area contributed by atoms with Gasteiger partial charge in [0.15, 0.2) is 0 Å². The Balaban J connectivity index is 2.26. The molecule has 0 saturated carbocycles. The maximum Gasteiger partial charge on any atom is 0.311 e. The summed E-state index contributed by atoms with van der Waals surface area (Å²) in [5.41, 5.74) is 3.34. The minimum absolute atomic E-state index is 0.138. The van der Waals surface area contributed by atoms with Gasteiger partial charge in [0, 0.05) is 22.5 Å². The molecule has 2 N–H and O–H groups in total. The number of para-hydroxylation sites is 1. The van der Waals surface area contributed by atoms with Gasteiger partial charge in [0.05, 0.1) is 5.92 Å². The van der Waals surface area contributed by atoms with Gasteiger partial charge < -0.3 is 10.1 Å². The summed E-state index contributed by atoms with van der Waals surface area (Å²) >= 11 is 0. The number of aromatic nitrogens is 1. The Morgan fingerprint density at radius 1 is 1.25 bits per heavy atom. The average Bonchev–Trinajstić information content (AvgIpc) is 2.75. The summed E-state index contributed by atoms with van der Waals surface area (Å²) < 4.78 is 0. The predicted octanol–water partition coefficient (Wildman–Crippen LogP) is 4.26. The van der Waals surface area contributed by atoms with Crippen molar-refractivity contribution >= 4 is 16.9 Å². The zero-order valence-electron chi connectivity index (χ0n) is 12.2. The standard InChI is InChI=1S/C17H21NO2/c1-17(2,3)12-9-8-11(16(19)20)14-10-6-4-5-7-13(10)18-15(12)14/h4-7,11-12,18H,8-9H2,1-3H3,(H,19,20). The minimum atomic E-state index is -0.705. The number of carbonyl (C=O) groups is 1. The number of H-pyrrole nitrogens is 1. The van der Waals surface area contributed by atoms with Gasteiger partial charge in [0.25, 0.3) is 0 Å². The number of aliphatic carboxylic acids is 1. The molecule has 1 heterocycles. The highest BCUT2D eigenvalue weighted by Gasteiger charge is 2.39. The van der Waals surface area contributed by atoms with E-state index in [4.69, 9.17) is 0 Å². The van der Waals surface area contributed by atoms with Gasteiger partial charge in [-0.15, -0.1) is 0 Å². The number of aromatic amines is 1. The molecular formula is C17H21NO2. The third-order valence-electron chi connectivity index (χ3n) is 4.56. The van der Waals surface area contributed by atoms with Crippen LogP contribution in [0.4, 0.5) is 0 Å². The highest BCUT2D eigenvalue weighted by molar-refractivity contribution is 5.91. The lowest BCUT2D eigenvalue weighted by molar-refractivity contribution is -0.139. The summed E-state index contributed by atoms with van der Waals surface area (Å²) in [7, 11) is 0. The second-order valence-corrected chi connectivity index (χ2v) is 6.88. The van der Waals surface area contributed by atoms with Crippen molar-refractivity contribution in [2.24, 2.45) is 5.41 Å². The molecule has 2 aromatic rings. The van der Waals surface area contributed by atoms with Crippen LogP contribution < -0.4 is 0 Å². The van der Waals surface area contributed by atoms with E-state index in [9.17, 15) is 9.90 Å². The highest BCUT2D eigenvalue weighted by Crippen LogP contribution is 2.49. The minimum Gasteiger partial charge on any atom is -0.481 e. The zero-order chi connectivity index (χ0) is 14.5. The maximum absolute atomic E-state index is 11.6. The lowest BCUT2D eigenvalue weighted by Gasteiger charge is -2.36. The van der Waals surface area contributed by atoms with Gasteiger partial charge in [-0.25, -0.2) is 0 Å². The van der Waals surface area contributed by atoms with Gasteiger partial charge in [0.1, 0.15) is 0 Å². The first-order chi connectivity index (χ1) is 9.39. The fourth-order valence-corrected chi connectivity index (χ4v) is 3.57. The van der Waals surface area contributed by atoms with Crippen molar-refractivity contribution < 1.29 is 9.90 Å². The van der Waals surface area contributed by atoms with Crippen LogP contribution in [0, 0.1) is 5.41 Å². The van der Waals surface area contributed by atoms with Crippen LogP contribution in [-0.2, 0) is 4.79 Å². The number of benzene rings is 1. The van der Waals surface area contributed by atoms with E-state index in [0.29, 0.717) is 5.92 Å². The Hall–Kier alpha value is -1.77. The smallest absolute Gasteiger partial charge is 0.311 e. The summed E-state index contributed by atoms with van der Waals surface area (Å²) in [6.07, 6.45) is 1.66. The molecule has 0 amide bonds. The molecule has 106 valence electrons. The van der Waals surface area contributed by atoms with Crippen molar-refractivity contribution in [1.29, 1.82) is 0 Å². The Morgan fingerprint density at radius 2 is 1.95 bits per heavy atom. The van der Waals surface area contributed by atoms with E-state index in [1.165, 1.54) is 0 Å². The molecule has 20 heavy (non-hydrogen) atoms. The normalized spacial score (nSPS) is 22.8. The number of nitrogens with one attached hydrogen (secondary N) is 1.